The van der Waals surface area contributed by atoms with E-state index in [9.17, 15) is 9.59 Å². The highest BCUT2D eigenvalue weighted by Gasteiger charge is 2.68. The quantitative estimate of drug-likeness (QED) is 0.867. The number of nitrogens with two attached hydrogens (primary N) is 1. The fraction of sp³-hybridized carbons (Fsp3) is 0.471. The maximum atomic E-state index is 13.4. The van der Waals surface area contributed by atoms with Crippen molar-refractivity contribution in [1.82, 2.24) is 14.9 Å². The number of carbonyl (C=O) groups is 1. The zero-order chi connectivity index (χ0) is 17.1. The molecule has 2 aromatic heterocycles. The standard InChI is InChI=1S/C17H20N4O2S/c1-16(2)9-17(16,12-4-3-7-24-12)14(23)21-6-5-10-11(8-21)19-15(18)20-13(10)22/h3-4,7H,5-6,8-9H2,1-2H3,(H3,18,19,20,22). The summed E-state index contributed by atoms with van der Waals surface area (Å²) in [5.41, 5.74) is 6.25. The number of hydrogen-bond donors (Lipinski definition) is 2. The number of nitrogens with zero attached hydrogens (tertiary/aromatic N) is 2. The van der Waals surface area contributed by atoms with Crippen LogP contribution in [0, 0.1) is 5.41 Å². The molecule has 0 aromatic carbocycles. The Hall–Kier alpha value is -2.15. The summed E-state index contributed by atoms with van der Waals surface area (Å²) in [6.07, 6.45) is 1.37. The number of thiophene rings is 1. The molecule has 1 saturated carbocycles. The highest BCUT2D eigenvalue weighted by molar-refractivity contribution is 7.10. The number of aromatic amines is 1. The number of rotatable bonds is 2. The molecule has 7 heteroatoms. The first-order chi connectivity index (χ1) is 11.3. The number of amides is 1. The van der Waals surface area contributed by atoms with Gasteiger partial charge in [0.1, 0.15) is 0 Å². The van der Waals surface area contributed by atoms with Gasteiger partial charge in [0, 0.05) is 17.0 Å². The molecule has 4 rings (SSSR count). The van der Waals surface area contributed by atoms with Crippen molar-refractivity contribution in [3.05, 3.63) is 44.0 Å². The zero-order valence-electron chi connectivity index (χ0n) is 13.8. The first kappa shape index (κ1) is 15.4. The molecule has 1 aliphatic carbocycles. The summed E-state index contributed by atoms with van der Waals surface area (Å²) in [5.74, 6) is 0.244. The third kappa shape index (κ3) is 2.04. The molecular weight excluding hydrogens is 324 g/mol. The predicted octanol–water partition coefficient (Wildman–Crippen LogP) is 1.67. The summed E-state index contributed by atoms with van der Waals surface area (Å²) in [7, 11) is 0. The fourth-order valence-electron chi connectivity index (χ4n) is 3.93. The van der Waals surface area contributed by atoms with E-state index in [-0.39, 0.29) is 22.8 Å². The molecule has 6 nitrogen and oxygen atoms in total. The van der Waals surface area contributed by atoms with E-state index in [2.05, 4.69) is 29.9 Å². The maximum absolute atomic E-state index is 13.4. The lowest BCUT2D eigenvalue weighted by atomic mass is 9.91. The molecule has 24 heavy (non-hydrogen) atoms. The van der Waals surface area contributed by atoms with Crippen LogP contribution in [-0.2, 0) is 23.2 Å². The predicted molar refractivity (Wildman–Crippen MR) is 92.8 cm³/mol. The van der Waals surface area contributed by atoms with Gasteiger partial charge in [0.15, 0.2) is 0 Å². The summed E-state index contributed by atoms with van der Waals surface area (Å²) in [6, 6.07) is 4.05. The molecule has 0 spiro atoms. The van der Waals surface area contributed by atoms with E-state index in [0.29, 0.717) is 30.8 Å². The number of nitrogen functional groups attached to an aromatic ring is 1. The van der Waals surface area contributed by atoms with Crippen molar-refractivity contribution >= 4 is 23.2 Å². The Labute approximate surface area is 143 Å². The normalized spacial score (nSPS) is 24.5. The molecule has 1 aliphatic heterocycles. The smallest absolute Gasteiger partial charge is 0.255 e. The van der Waals surface area contributed by atoms with Crippen molar-refractivity contribution in [2.75, 3.05) is 12.3 Å². The molecule has 3 N–H and O–H groups in total. The van der Waals surface area contributed by atoms with Crippen LogP contribution in [-0.4, -0.2) is 27.3 Å². The molecule has 0 radical (unpaired) electrons. The van der Waals surface area contributed by atoms with Crippen LogP contribution in [0.4, 0.5) is 5.95 Å². The monoisotopic (exact) mass is 344 g/mol. The highest BCUT2D eigenvalue weighted by atomic mass is 32.1. The van der Waals surface area contributed by atoms with Crippen molar-refractivity contribution in [3.8, 4) is 0 Å². The van der Waals surface area contributed by atoms with Gasteiger partial charge in [-0.05, 0) is 29.7 Å². The topological polar surface area (TPSA) is 92.1 Å². The molecule has 0 bridgehead atoms. The van der Waals surface area contributed by atoms with Gasteiger partial charge in [-0.1, -0.05) is 19.9 Å². The molecular formula is C17H20N4O2S. The maximum Gasteiger partial charge on any atom is 0.255 e. The van der Waals surface area contributed by atoms with Crippen LogP contribution in [0.3, 0.4) is 0 Å². The Morgan fingerprint density at radius 3 is 2.83 bits per heavy atom. The first-order valence-electron chi connectivity index (χ1n) is 8.06. The third-order valence-corrected chi connectivity index (χ3v) is 6.46. The van der Waals surface area contributed by atoms with Crippen LogP contribution in [0.1, 0.15) is 36.4 Å². The number of carbonyl (C=O) groups excluding carboxylic acids is 1. The van der Waals surface area contributed by atoms with Crippen LogP contribution in [0.15, 0.2) is 22.3 Å². The molecule has 1 amide bonds. The van der Waals surface area contributed by atoms with Crippen LogP contribution in [0.25, 0.3) is 0 Å². The lowest BCUT2D eigenvalue weighted by Crippen LogP contribution is -2.45. The summed E-state index contributed by atoms with van der Waals surface area (Å²) in [4.78, 5) is 35.1. The molecule has 2 aliphatic rings. The van der Waals surface area contributed by atoms with Crippen LogP contribution in [0.5, 0.6) is 0 Å². The molecule has 3 heterocycles. The molecule has 1 atom stereocenters. The number of nitrogens with one attached hydrogen (secondary N) is 1. The van der Waals surface area contributed by atoms with Gasteiger partial charge in [0.05, 0.1) is 17.7 Å². The zero-order valence-corrected chi connectivity index (χ0v) is 14.6. The van der Waals surface area contributed by atoms with Crippen molar-refractivity contribution in [2.45, 2.75) is 38.6 Å². The second-order valence-corrected chi connectivity index (χ2v) is 8.24. The van der Waals surface area contributed by atoms with Crippen LogP contribution in [0.2, 0.25) is 0 Å². The second kappa shape index (κ2) is 4.92. The van der Waals surface area contributed by atoms with Crippen molar-refractivity contribution in [2.24, 2.45) is 5.41 Å². The minimum Gasteiger partial charge on any atom is -0.369 e. The lowest BCUT2D eigenvalue weighted by molar-refractivity contribution is -0.135. The molecule has 2 aromatic rings. The van der Waals surface area contributed by atoms with E-state index in [1.807, 2.05) is 16.3 Å². The van der Waals surface area contributed by atoms with Crippen LogP contribution >= 0.6 is 11.3 Å². The number of fused-ring (bicyclic) bond motifs is 1. The number of H-pyrrole nitrogens is 1. The Kier molecular flexibility index (Phi) is 3.16. The molecule has 1 fully saturated rings. The van der Waals surface area contributed by atoms with E-state index >= 15 is 0 Å². The van der Waals surface area contributed by atoms with Crippen molar-refractivity contribution in [3.63, 3.8) is 0 Å². The third-order valence-electron chi connectivity index (χ3n) is 5.42. The van der Waals surface area contributed by atoms with E-state index < -0.39 is 5.41 Å². The molecule has 1 unspecified atom stereocenters. The van der Waals surface area contributed by atoms with Crippen molar-refractivity contribution in [1.29, 1.82) is 0 Å². The van der Waals surface area contributed by atoms with E-state index in [0.717, 1.165) is 11.3 Å². The van der Waals surface area contributed by atoms with Gasteiger partial charge in [0.25, 0.3) is 5.56 Å². The number of hydrogen-bond acceptors (Lipinski definition) is 5. The van der Waals surface area contributed by atoms with Gasteiger partial charge in [-0.3, -0.25) is 14.6 Å². The summed E-state index contributed by atoms with van der Waals surface area (Å²) < 4.78 is 0. The lowest BCUT2D eigenvalue weighted by Gasteiger charge is -2.32. The number of anilines is 1. The Morgan fingerprint density at radius 1 is 1.46 bits per heavy atom. The average molecular weight is 344 g/mol. The summed E-state index contributed by atoms with van der Waals surface area (Å²) >= 11 is 1.64. The van der Waals surface area contributed by atoms with Gasteiger partial charge < -0.3 is 10.6 Å². The van der Waals surface area contributed by atoms with Gasteiger partial charge in [-0.25, -0.2) is 4.98 Å². The fourth-order valence-corrected chi connectivity index (χ4v) is 5.03. The van der Waals surface area contributed by atoms with Gasteiger partial charge in [0.2, 0.25) is 11.9 Å². The minimum atomic E-state index is -0.439. The Balaban J connectivity index is 1.68. The van der Waals surface area contributed by atoms with E-state index in [1.165, 1.54) is 0 Å². The van der Waals surface area contributed by atoms with Gasteiger partial charge >= 0.3 is 0 Å². The van der Waals surface area contributed by atoms with Crippen molar-refractivity contribution < 1.29 is 4.79 Å². The van der Waals surface area contributed by atoms with Gasteiger partial charge in [-0.2, -0.15) is 0 Å². The van der Waals surface area contributed by atoms with Gasteiger partial charge in [-0.15, -0.1) is 11.3 Å². The highest BCUT2D eigenvalue weighted by Crippen LogP contribution is 2.66. The SMILES string of the molecule is CC1(C)CC1(C(=O)N1CCc2c(nc(N)[nH]c2=O)C1)c1cccs1. The van der Waals surface area contributed by atoms with Crippen LogP contribution < -0.4 is 11.3 Å². The van der Waals surface area contributed by atoms with E-state index in [4.69, 9.17) is 5.73 Å². The van der Waals surface area contributed by atoms with E-state index in [1.54, 1.807) is 11.3 Å². The summed E-state index contributed by atoms with van der Waals surface area (Å²) in [6.45, 7) is 5.18. The largest absolute Gasteiger partial charge is 0.369 e. The first-order valence-corrected chi connectivity index (χ1v) is 8.94. The Bertz CT molecular complexity index is 871. The Morgan fingerprint density at radius 2 is 2.21 bits per heavy atom. The minimum absolute atomic E-state index is 0.0458. The molecule has 126 valence electrons. The second-order valence-electron chi connectivity index (χ2n) is 7.30. The average Bonchev–Trinajstić information content (AvgIpc) is 2.90. The summed E-state index contributed by atoms with van der Waals surface area (Å²) in [5, 5.41) is 2.02. The number of aromatic nitrogens is 2. The molecule has 0 saturated heterocycles.